The number of carbonyl (C=O) groups is 1. The highest BCUT2D eigenvalue weighted by molar-refractivity contribution is 7.98. The lowest BCUT2D eigenvalue weighted by Crippen LogP contribution is -2.40. The van der Waals surface area contributed by atoms with Gasteiger partial charge in [0.25, 0.3) is 10.0 Å². The van der Waals surface area contributed by atoms with Crippen molar-refractivity contribution in [1.82, 2.24) is 14.9 Å². The van der Waals surface area contributed by atoms with E-state index in [0.29, 0.717) is 0 Å². The predicted molar refractivity (Wildman–Crippen MR) is 139 cm³/mol. The fraction of sp³-hybridized carbons (Fsp3) is 0.154. The second-order valence-electron chi connectivity index (χ2n) is 7.92. The number of benzene rings is 3. The van der Waals surface area contributed by atoms with Crippen LogP contribution in [-0.2, 0) is 21.4 Å². The van der Waals surface area contributed by atoms with Crippen molar-refractivity contribution in [2.45, 2.75) is 23.3 Å². The summed E-state index contributed by atoms with van der Waals surface area (Å²) in [5.74, 6) is -0.333. The van der Waals surface area contributed by atoms with Crippen LogP contribution in [0.15, 0.2) is 95.0 Å². The predicted octanol–water partition coefficient (Wildman–Crippen LogP) is 4.55. The van der Waals surface area contributed by atoms with Gasteiger partial charge < -0.3 is 9.88 Å². The third kappa shape index (κ3) is 5.60. The van der Waals surface area contributed by atoms with Crippen LogP contribution in [0.1, 0.15) is 11.4 Å². The van der Waals surface area contributed by atoms with E-state index >= 15 is 0 Å². The summed E-state index contributed by atoms with van der Waals surface area (Å²) in [6, 6.07) is 19.1. The fourth-order valence-electron chi connectivity index (χ4n) is 3.73. The first-order chi connectivity index (χ1) is 17.3. The number of imidazole rings is 1. The molecule has 0 atom stereocenters. The number of anilines is 1. The zero-order valence-corrected chi connectivity index (χ0v) is 21.4. The lowest BCUT2D eigenvalue weighted by atomic mass is 10.1. The number of rotatable bonds is 9. The van der Waals surface area contributed by atoms with Crippen molar-refractivity contribution in [3.63, 3.8) is 0 Å². The van der Waals surface area contributed by atoms with Crippen molar-refractivity contribution < 1.29 is 17.6 Å². The van der Waals surface area contributed by atoms with Gasteiger partial charge in [-0.3, -0.25) is 9.10 Å². The molecule has 36 heavy (non-hydrogen) atoms. The maximum Gasteiger partial charge on any atom is 0.264 e. The Labute approximate surface area is 214 Å². The van der Waals surface area contributed by atoms with E-state index in [1.165, 1.54) is 42.1 Å². The highest BCUT2D eigenvalue weighted by Gasteiger charge is 2.27. The number of carbonyl (C=O) groups excluding carboxylic acids is 1. The lowest BCUT2D eigenvalue weighted by molar-refractivity contribution is -0.119. The van der Waals surface area contributed by atoms with Gasteiger partial charge >= 0.3 is 0 Å². The third-order valence-corrected chi connectivity index (χ3v) is 8.12. The quantitative estimate of drug-likeness (QED) is 0.325. The number of thioether (sulfide) groups is 1. The number of sulfonamides is 1. The number of aryl methyl sites for hydroxylation is 1. The van der Waals surface area contributed by atoms with Crippen LogP contribution in [0, 0.1) is 12.7 Å². The Kier molecular flexibility index (Phi) is 7.76. The summed E-state index contributed by atoms with van der Waals surface area (Å²) in [6.07, 6.45) is 5.41. The fourth-order valence-corrected chi connectivity index (χ4v) is 5.55. The number of aromatic nitrogens is 2. The molecule has 1 amide bonds. The van der Waals surface area contributed by atoms with Crippen LogP contribution in [0.3, 0.4) is 0 Å². The lowest BCUT2D eigenvalue weighted by Gasteiger charge is -2.24. The first-order valence-corrected chi connectivity index (χ1v) is 13.7. The molecule has 3 aromatic carbocycles. The van der Waals surface area contributed by atoms with Crippen molar-refractivity contribution in [3.05, 3.63) is 102 Å². The van der Waals surface area contributed by atoms with E-state index < -0.39 is 28.3 Å². The van der Waals surface area contributed by atoms with Crippen LogP contribution in [0.25, 0.3) is 5.69 Å². The van der Waals surface area contributed by atoms with Crippen molar-refractivity contribution in [2.24, 2.45) is 0 Å². The van der Waals surface area contributed by atoms with E-state index in [1.54, 1.807) is 18.3 Å². The Bertz CT molecular complexity index is 1470. The van der Waals surface area contributed by atoms with Gasteiger partial charge in [0, 0.05) is 23.8 Å². The number of para-hydroxylation sites is 1. The van der Waals surface area contributed by atoms with Crippen molar-refractivity contribution in [1.29, 1.82) is 0 Å². The number of nitrogens with one attached hydrogen (secondary N) is 1. The molecule has 7 nitrogen and oxygen atoms in total. The number of hydrogen-bond acceptors (Lipinski definition) is 5. The average Bonchev–Trinajstić information content (AvgIpc) is 3.31. The van der Waals surface area contributed by atoms with E-state index in [0.717, 1.165) is 32.3 Å². The largest absolute Gasteiger partial charge is 0.350 e. The second-order valence-corrected chi connectivity index (χ2v) is 10.7. The molecular formula is C26H25FN4O3S2. The molecule has 1 heterocycles. The van der Waals surface area contributed by atoms with E-state index in [4.69, 9.17) is 0 Å². The van der Waals surface area contributed by atoms with Crippen molar-refractivity contribution in [3.8, 4) is 5.69 Å². The molecule has 0 saturated heterocycles. The molecule has 0 unspecified atom stereocenters. The smallest absolute Gasteiger partial charge is 0.264 e. The standard InChI is InChI=1S/C26H25FN4O3S2/c1-19-28-14-15-30(19)25-9-4-3-6-20(25)17-29-26(32)18-31(22-8-5-7-21(27)16-22)36(33,34)24-12-10-23(35-2)11-13-24/h3-16H,17-18H2,1-2H3,(H,29,32). The summed E-state index contributed by atoms with van der Waals surface area (Å²) in [6.45, 7) is 1.54. The molecule has 0 radical (unpaired) electrons. The van der Waals surface area contributed by atoms with E-state index in [1.807, 2.05) is 48.2 Å². The summed E-state index contributed by atoms with van der Waals surface area (Å²) in [7, 11) is -4.14. The number of amides is 1. The van der Waals surface area contributed by atoms with Crippen LogP contribution in [0.5, 0.6) is 0 Å². The van der Waals surface area contributed by atoms with Gasteiger partial charge in [-0.1, -0.05) is 24.3 Å². The first kappa shape index (κ1) is 25.5. The molecule has 186 valence electrons. The Hall–Kier alpha value is -3.63. The van der Waals surface area contributed by atoms with Gasteiger partial charge in [0.1, 0.15) is 18.2 Å². The number of halogens is 1. The van der Waals surface area contributed by atoms with Crippen LogP contribution < -0.4 is 9.62 Å². The van der Waals surface area contributed by atoms with Crippen LogP contribution >= 0.6 is 11.8 Å². The van der Waals surface area contributed by atoms with Crippen molar-refractivity contribution >= 4 is 33.4 Å². The Balaban J connectivity index is 1.58. The highest BCUT2D eigenvalue weighted by atomic mass is 32.2. The highest BCUT2D eigenvalue weighted by Crippen LogP contribution is 2.26. The Morgan fingerprint density at radius 1 is 1.08 bits per heavy atom. The molecule has 0 bridgehead atoms. The van der Waals surface area contributed by atoms with Gasteiger partial charge in [-0.05, 0) is 67.3 Å². The second kappa shape index (κ2) is 11.0. The van der Waals surface area contributed by atoms with Crippen LogP contribution in [0.2, 0.25) is 0 Å². The molecule has 0 aliphatic carbocycles. The summed E-state index contributed by atoms with van der Waals surface area (Å²) in [5, 5.41) is 2.80. The third-order valence-electron chi connectivity index (χ3n) is 5.58. The normalized spacial score (nSPS) is 11.3. The van der Waals surface area contributed by atoms with Gasteiger partial charge in [0.05, 0.1) is 16.3 Å². The SMILES string of the molecule is CSc1ccc(S(=O)(=O)N(CC(=O)NCc2ccccc2-n2ccnc2C)c2cccc(F)c2)cc1. The van der Waals surface area contributed by atoms with Gasteiger partial charge in [-0.2, -0.15) is 0 Å². The zero-order valence-electron chi connectivity index (χ0n) is 19.8. The van der Waals surface area contributed by atoms with E-state index in [2.05, 4.69) is 10.3 Å². The molecule has 0 spiro atoms. The number of hydrogen-bond donors (Lipinski definition) is 1. The molecule has 4 aromatic rings. The molecule has 4 rings (SSSR count). The minimum atomic E-state index is -4.14. The molecule has 10 heteroatoms. The minimum Gasteiger partial charge on any atom is -0.350 e. The Morgan fingerprint density at radius 3 is 2.50 bits per heavy atom. The average molecular weight is 525 g/mol. The summed E-state index contributed by atoms with van der Waals surface area (Å²) < 4.78 is 43.8. The van der Waals surface area contributed by atoms with Crippen molar-refractivity contribution in [2.75, 3.05) is 17.1 Å². The molecule has 1 aromatic heterocycles. The molecule has 0 aliphatic rings. The number of nitrogens with zero attached hydrogens (tertiary/aromatic N) is 3. The minimum absolute atomic E-state index is 0.0123. The maximum atomic E-state index is 14.0. The maximum absolute atomic E-state index is 14.0. The zero-order chi connectivity index (χ0) is 25.7. The molecule has 0 aliphatic heterocycles. The summed E-state index contributed by atoms with van der Waals surface area (Å²) in [5.41, 5.74) is 1.75. The topological polar surface area (TPSA) is 84.3 Å². The molecular weight excluding hydrogens is 499 g/mol. The van der Waals surface area contributed by atoms with E-state index in [-0.39, 0.29) is 17.1 Å². The van der Waals surface area contributed by atoms with Gasteiger partial charge in [0.2, 0.25) is 5.91 Å². The Morgan fingerprint density at radius 2 is 1.83 bits per heavy atom. The van der Waals surface area contributed by atoms with Crippen LogP contribution in [-0.4, -0.2) is 36.7 Å². The van der Waals surface area contributed by atoms with E-state index in [9.17, 15) is 17.6 Å². The van der Waals surface area contributed by atoms with Crippen LogP contribution in [0.4, 0.5) is 10.1 Å². The molecule has 0 fully saturated rings. The summed E-state index contributed by atoms with van der Waals surface area (Å²) in [4.78, 5) is 18.2. The van der Waals surface area contributed by atoms with Gasteiger partial charge in [-0.25, -0.2) is 17.8 Å². The first-order valence-electron chi connectivity index (χ1n) is 11.1. The monoisotopic (exact) mass is 524 g/mol. The van der Waals surface area contributed by atoms with Gasteiger partial charge in [0.15, 0.2) is 0 Å². The van der Waals surface area contributed by atoms with Gasteiger partial charge in [-0.15, -0.1) is 11.8 Å². The molecule has 1 N–H and O–H groups in total. The summed E-state index contributed by atoms with van der Waals surface area (Å²) >= 11 is 1.48. The molecule has 0 saturated carbocycles.